The van der Waals surface area contributed by atoms with Gasteiger partial charge in [0.1, 0.15) is 0 Å². The number of ether oxygens (including phenoxy) is 1. The van der Waals surface area contributed by atoms with Crippen LogP contribution in [0.5, 0.6) is 0 Å². The third kappa shape index (κ3) is 2.86. The van der Waals surface area contributed by atoms with E-state index in [1.54, 1.807) is 6.07 Å². The zero-order chi connectivity index (χ0) is 14.8. The van der Waals surface area contributed by atoms with Gasteiger partial charge < -0.3 is 9.30 Å². The van der Waals surface area contributed by atoms with E-state index in [9.17, 15) is 9.59 Å². The van der Waals surface area contributed by atoms with E-state index in [-0.39, 0.29) is 24.7 Å². The molecule has 0 radical (unpaired) electrons. The van der Waals surface area contributed by atoms with Crippen LogP contribution in [-0.4, -0.2) is 41.7 Å². The van der Waals surface area contributed by atoms with Gasteiger partial charge in [-0.2, -0.15) is 0 Å². The maximum Gasteiger partial charge on any atom is 0.321 e. The molecule has 2 aliphatic rings. The van der Waals surface area contributed by atoms with Gasteiger partial charge >= 0.3 is 5.97 Å². The van der Waals surface area contributed by atoms with Crippen molar-refractivity contribution >= 4 is 5.97 Å². The number of likely N-dealkylation sites (tertiary alicyclic amines) is 1. The number of rotatable bonds is 3. The predicted molar refractivity (Wildman–Crippen MR) is 77.8 cm³/mol. The van der Waals surface area contributed by atoms with E-state index in [1.807, 2.05) is 16.7 Å². The molecule has 1 fully saturated rings. The molecule has 21 heavy (non-hydrogen) atoms. The largest absolute Gasteiger partial charge is 0.452 e. The molecule has 0 aromatic carbocycles. The first-order valence-corrected chi connectivity index (χ1v) is 7.18. The van der Waals surface area contributed by atoms with E-state index >= 15 is 0 Å². The topological polar surface area (TPSA) is 51.5 Å². The number of pyridine rings is 1. The van der Waals surface area contributed by atoms with Crippen LogP contribution in [0.25, 0.3) is 0 Å². The van der Waals surface area contributed by atoms with E-state index < -0.39 is 0 Å². The molecule has 5 heteroatoms. The van der Waals surface area contributed by atoms with Crippen LogP contribution in [0, 0.1) is 18.3 Å². The van der Waals surface area contributed by atoms with Crippen molar-refractivity contribution in [2.45, 2.75) is 18.9 Å². The number of carbonyl (C=O) groups is 1. The molecule has 2 bridgehead atoms. The second-order valence-electron chi connectivity index (χ2n) is 5.76. The molecule has 1 saturated heterocycles. The van der Waals surface area contributed by atoms with Gasteiger partial charge in [0.25, 0.3) is 5.56 Å². The van der Waals surface area contributed by atoms with Crippen molar-refractivity contribution in [1.82, 2.24) is 9.47 Å². The van der Waals surface area contributed by atoms with Crippen LogP contribution >= 0.6 is 0 Å². The molecule has 110 valence electrons. The maximum atomic E-state index is 11.9. The summed E-state index contributed by atoms with van der Waals surface area (Å²) in [6.45, 7) is 2.64. The lowest BCUT2D eigenvalue weighted by Gasteiger charge is -2.42. The number of aromatic nitrogens is 1. The van der Waals surface area contributed by atoms with Gasteiger partial charge in [0.2, 0.25) is 0 Å². The minimum atomic E-state index is -0.279. The molecular weight excluding hydrogens is 268 g/mol. The summed E-state index contributed by atoms with van der Waals surface area (Å²) >= 11 is 0. The minimum absolute atomic E-state index is 0.0256. The van der Waals surface area contributed by atoms with Crippen molar-refractivity contribution < 1.29 is 9.53 Å². The van der Waals surface area contributed by atoms with E-state index in [0.717, 1.165) is 31.7 Å². The number of esters is 1. The van der Waals surface area contributed by atoms with Crippen LogP contribution < -0.4 is 5.56 Å². The van der Waals surface area contributed by atoms with Gasteiger partial charge in [0, 0.05) is 37.3 Å². The number of terminal acetylenes is 1. The molecule has 1 aromatic heterocycles. The second-order valence-corrected chi connectivity index (χ2v) is 5.76. The molecule has 1 aromatic rings. The van der Waals surface area contributed by atoms with Crippen molar-refractivity contribution in [3.05, 3.63) is 34.2 Å². The van der Waals surface area contributed by atoms with Gasteiger partial charge in [-0.25, -0.2) is 0 Å². The Bertz CT molecular complexity index is 644. The molecule has 0 N–H and O–H groups in total. The van der Waals surface area contributed by atoms with E-state index in [1.165, 1.54) is 0 Å². The van der Waals surface area contributed by atoms with E-state index in [2.05, 4.69) is 10.8 Å². The number of carbonyl (C=O) groups excluding carboxylic acids is 1. The van der Waals surface area contributed by atoms with Gasteiger partial charge in [0.15, 0.2) is 6.61 Å². The Balaban J connectivity index is 1.72. The maximum absolute atomic E-state index is 11.9. The highest BCUT2D eigenvalue weighted by molar-refractivity contribution is 5.71. The molecule has 0 amide bonds. The first-order chi connectivity index (χ1) is 10.2. The Morgan fingerprint density at radius 2 is 2.24 bits per heavy atom. The number of hydrogen-bond acceptors (Lipinski definition) is 4. The van der Waals surface area contributed by atoms with Crippen LogP contribution in [0.4, 0.5) is 0 Å². The average Bonchev–Trinajstić information content (AvgIpc) is 2.46. The molecule has 3 rings (SSSR count). The van der Waals surface area contributed by atoms with Gasteiger partial charge in [-0.1, -0.05) is 12.0 Å². The van der Waals surface area contributed by atoms with Crippen molar-refractivity contribution in [1.29, 1.82) is 0 Å². The fourth-order valence-corrected chi connectivity index (χ4v) is 3.48. The molecule has 3 heterocycles. The Kier molecular flexibility index (Phi) is 3.80. The summed E-state index contributed by atoms with van der Waals surface area (Å²) in [6.07, 6.45) is 6.16. The lowest BCUT2D eigenvalue weighted by atomic mass is 9.83. The summed E-state index contributed by atoms with van der Waals surface area (Å²) in [6, 6.07) is 5.44. The van der Waals surface area contributed by atoms with Crippen LogP contribution in [0.2, 0.25) is 0 Å². The smallest absolute Gasteiger partial charge is 0.321 e. The summed E-state index contributed by atoms with van der Waals surface area (Å²) in [4.78, 5) is 25.7. The lowest BCUT2D eigenvalue weighted by molar-refractivity contribution is -0.144. The third-order valence-electron chi connectivity index (χ3n) is 4.22. The summed E-state index contributed by atoms with van der Waals surface area (Å²) in [7, 11) is 0. The second kappa shape index (κ2) is 5.74. The number of nitrogens with zero attached hydrogens (tertiary/aromatic N) is 2. The Labute approximate surface area is 123 Å². The van der Waals surface area contributed by atoms with Gasteiger partial charge in [0.05, 0.1) is 6.54 Å². The van der Waals surface area contributed by atoms with E-state index in [0.29, 0.717) is 11.8 Å². The first-order valence-electron chi connectivity index (χ1n) is 7.18. The Morgan fingerprint density at radius 1 is 1.38 bits per heavy atom. The van der Waals surface area contributed by atoms with Crippen molar-refractivity contribution in [2.24, 2.45) is 5.92 Å². The molecule has 2 atom stereocenters. The van der Waals surface area contributed by atoms with Crippen LogP contribution in [0.3, 0.4) is 0 Å². The van der Waals surface area contributed by atoms with Gasteiger partial charge in [-0.05, 0) is 18.4 Å². The predicted octanol–water partition coefficient (Wildman–Crippen LogP) is 0.444. The normalized spacial score (nSPS) is 24.0. The van der Waals surface area contributed by atoms with Crippen molar-refractivity contribution in [2.75, 3.05) is 26.2 Å². The van der Waals surface area contributed by atoms with Crippen molar-refractivity contribution in [3.63, 3.8) is 0 Å². The van der Waals surface area contributed by atoms with Gasteiger partial charge in [-0.3, -0.25) is 14.5 Å². The fourth-order valence-electron chi connectivity index (χ4n) is 3.48. The van der Waals surface area contributed by atoms with Gasteiger partial charge in [-0.15, -0.1) is 6.42 Å². The molecule has 0 aliphatic carbocycles. The molecule has 5 nitrogen and oxygen atoms in total. The summed E-state index contributed by atoms with van der Waals surface area (Å²) < 4.78 is 6.81. The highest BCUT2D eigenvalue weighted by Crippen LogP contribution is 2.34. The SMILES string of the molecule is C#CCOC(=O)CN1CC2CC(C1)c1cccc(=O)n1C2. The first kappa shape index (κ1) is 13.9. The highest BCUT2D eigenvalue weighted by atomic mass is 16.5. The molecule has 2 aliphatic heterocycles. The van der Waals surface area contributed by atoms with Crippen LogP contribution in [0.1, 0.15) is 18.0 Å². The van der Waals surface area contributed by atoms with Crippen LogP contribution in [-0.2, 0) is 16.1 Å². The molecule has 0 saturated carbocycles. The quantitative estimate of drug-likeness (QED) is 0.598. The molecule has 0 spiro atoms. The minimum Gasteiger partial charge on any atom is -0.452 e. The average molecular weight is 286 g/mol. The third-order valence-corrected chi connectivity index (χ3v) is 4.22. The monoisotopic (exact) mass is 286 g/mol. The van der Waals surface area contributed by atoms with E-state index in [4.69, 9.17) is 11.2 Å². The molecule has 2 unspecified atom stereocenters. The number of fused-ring (bicyclic) bond motifs is 4. The lowest BCUT2D eigenvalue weighted by Crippen LogP contribution is -2.48. The zero-order valence-electron chi connectivity index (χ0n) is 11.8. The van der Waals surface area contributed by atoms with Crippen LogP contribution in [0.15, 0.2) is 23.0 Å². The fraction of sp³-hybridized carbons (Fsp3) is 0.500. The Hall–Kier alpha value is -2.06. The van der Waals surface area contributed by atoms with Crippen molar-refractivity contribution in [3.8, 4) is 12.3 Å². The Morgan fingerprint density at radius 3 is 3.05 bits per heavy atom. The number of piperidine rings is 1. The number of hydrogen-bond donors (Lipinski definition) is 0. The summed E-state index contributed by atoms with van der Waals surface area (Å²) in [5, 5.41) is 0. The zero-order valence-corrected chi connectivity index (χ0v) is 11.8. The summed E-state index contributed by atoms with van der Waals surface area (Å²) in [5.41, 5.74) is 1.16. The molecular formula is C16H18N2O3. The summed E-state index contributed by atoms with van der Waals surface area (Å²) in [5.74, 6) is 2.74. The standard InChI is InChI=1S/C16H18N2O3/c1-2-6-21-16(20)11-17-8-12-7-13(10-17)14-4-3-5-15(19)18(14)9-12/h1,3-5,12-13H,6-11H2. The highest BCUT2D eigenvalue weighted by Gasteiger charge is 2.35.